The molecule has 2 N–H and O–H groups in total. The van der Waals surface area contributed by atoms with Crippen LogP contribution in [0.25, 0.3) is 0 Å². The molecule has 1 aromatic rings. The number of para-hydroxylation sites is 1. The molecule has 2 atom stereocenters. The number of nitrogens with zero attached hydrogens (tertiary/aromatic N) is 1. The fraction of sp³-hybridized carbons (Fsp3) is 0.591. The smallest absolute Gasteiger partial charge is 0.239 e. The predicted octanol–water partition coefficient (Wildman–Crippen LogP) is 2.41. The first-order chi connectivity index (χ1) is 13.3. The second-order valence-corrected chi connectivity index (χ2v) is 8.88. The summed E-state index contributed by atoms with van der Waals surface area (Å²) >= 11 is 0. The van der Waals surface area contributed by atoms with Crippen LogP contribution in [0, 0.1) is 11.8 Å². The molecule has 6 heteroatoms. The molecule has 1 saturated carbocycles. The Morgan fingerprint density at radius 1 is 1.07 bits per heavy atom. The normalized spacial score (nSPS) is 21.8. The van der Waals surface area contributed by atoms with E-state index in [1.807, 2.05) is 43.9 Å². The third-order valence-corrected chi connectivity index (χ3v) is 5.51. The summed E-state index contributed by atoms with van der Waals surface area (Å²) in [6, 6.07) is 7.98. The molecule has 1 heterocycles. The van der Waals surface area contributed by atoms with E-state index in [4.69, 9.17) is 0 Å². The summed E-state index contributed by atoms with van der Waals surface area (Å²) < 4.78 is 0. The average Bonchev–Trinajstić information content (AvgIpc) is 3.08. The number of rotatable bonds is 4. The molecule has 3 amide bonds. The number of hydrogen-bond donors (Lipinski definition) is 2. The van der Waals surface area contributed by atoms with Crippen LogP contribution in [0.4, 0.5) is 5.69 Å². The van der Waals surface area contributed by atoms with Gasteiger partial charge in [0, 0.05) is 23.7 Å². The Kier molecular flexibility index (Phi) is 6.06. The molecular weight excluding hydrogens is 354 g/mol. The second-order valence-electron chi connectivity index (χ2n) is 8.88. The van der Waals surface area contributed by atoms with Crippen molar-refractivity contribution >= 4 is 23.4 Å². The molecule has 2 unspecified atom stereocenters. The monoisotopic (exact) mass is 385 g/mol. The van der Waals surface area contributed by atoms with Crippen LogP contribution >= 0.6 is 0 Å². The second kappa shape index (κ2) is 8.33. The van der Waals surface area contributed by atoms with Crippen molar-refractivity contribution in [1.29, 1.82) is 0 Å². The number of fused-ring (bicyclic) bond motifs is 1. The van der Waals surface area contributed by atoms with E-state index in [-0.39, 0.29) is 41.6 Å². The molecule has 6 nitrogen and oxygen atoms in total. The molecule has 28 heavy (non-hydrogen) atoms. The molecule has 0 aromatic heterocycles. The Morgan fingerprint density at radius 3 is 2.46 bits per heavy atom. The minimum Gasteiger partial charge on any atom is -0.350 e. The van der Waals surface area contributed by atoms with Gasteiger partial charge in [0.2, 0.25) is 17.7 Å². The number of hydrogen-bond acceptors (Lipinski definition) is 3. The molecule has 1 fully saturated rings. The van der Waals surface area contributed by atoms with Gasteiger partial charge >= 0.3 is 0 Å². The Balaban J connectivity index is 1.65. The van der Waals surface area contributed by atoms with Gasteiger partial charge in [-0.05, 0) is 51.7 Å². The van der Waals surface area contributed by atoms with Gasteiger partial charge in [0.25, 0.3) is 0 Å². The lowest BCUT2D eigenvalue weighted by Gasteiger charge is -2.32. The van der Waals surface area contributed by atoms with Crippen molar-refractivity contribution in [2.45, 2.75) is 58.4 Å². The van der Waals surface area contributed by atoms with Gasteiger partial charge in [-0.25, -0.2) is 0 Å². The minimum absolute atomic E-state index is 0.0453. The number of amides is 3. The Hall–Kier alpha value is -2.37. The van der Waals surface area contributed by atoms with Crippen LogP contribution in [0.3, 0.4) is 0 Å². The van der Waals surface area contributed by atoms with E-state index in [0.717, 1.165) is 31.4 Å². The minimum atomic E-state index is -0.364. The van der Waals surface area contributed by atoms with Crippen molar-refractivity contribution < 1.29 is 14.4 Å². The molecule has 2 aliphatic rings. The van der Waals surface area contributed by atoms with Crippen molar-refractivity contribution in [3.05, 3.63) is 29.8 Å². The molecule has 1 aliphatic carbocycles. The third-order valence-electron chi connectivity index (χ3n) is 5.51. The summed E-state index contributed by atoms with van der Waals surface area (Å²) in [6.45, 7) is 6.32. The zero-order valence-corrected chi connectivity index (χ0v) is 17.1. The van der Waals surface area contributed by atoms with Gasteiger partial charge in [-0.2, -0.15) is 0 Å². The summed E-state index contributed by atoms with van der Waals surface area (Å²) in [4.78, 5) is 39.9. The topological polar surface area (TPSA) is 78.5 Å². The van der Waals surface area contributed by atoms with Crippen molar-refractivity contribution in [3.8, 4) is 0 Å². The molecule has 0 radical (unpaired) electrons. The molecule has 3 rings (SSSR count). The highest BCUT2D eigenvalue weighted by atomic mass is 16.2. The molecular formula is C22H31N3O3. The number of carbonyl (C=O) groups is 3. The lowest BCUT2D eigenvalue weighted by atomic mass is 9.77. The predicted molar refractivity (Wildman–Crippen MR) is 109 cm³/mol. The van der Waals surface area contributed by atoms with E-state index in [0.29, 0.717) is 13.0 Å². The maximum Gasteiger partial charge on any atom is 0.239 e. The first kappa shape index (κ1) is 20.4. The number of carbonyl (C=O) groups excluding carboxylic acids is 3. The summed E-state index contributed by atoms with van der Waals surface area (Å²) in [5, 5.41) is 5.59. The van der Waals surface area contributed by atoms with Crippen molar-refractivity contribution in [3.63, 3.8) is 0 Å². The van der Waals surface area contributed by atoms with Crippen LogP contribution in [0.15, 0.2) is 24.3 Å². The van der Waals surface area contributed by atoms with Crippen LogP contribution in [0.2, 0.25) is 0 Å². The van der Waals surface area contributed by atoms with Crippen LogP contribution in [-0.2, 0) is 20.8 Å². The number of anilines is 1. The molecule has 1 aromatic carbocycles. The summed E-state index contributed by atoms with van der Waals surface area (Å²) in [5.41, 5.74) is 1.82. The van der Waals surface area contributed by atoms with Crippen LogP contribution in [0.5, 0.6) is 0 Å². The van der Waals surface area contributed by atoms with Gasteiger partial charge < -0.3 is 15.5 Å². The fourth-order valence-electron chi connectivity index (χ4n) is 4.27. The highest BCUT2D eigenvalue weighted by molar-refractivity contribution is 6.00. The van der Waals surface area contributed by atoms with Crippen molar-refractivity contribution in [1.82, 2.24) is 10.6 Å². The molecule has 0 saturated heterocycles. The van der Waals surface area contributed by atoms with Gasteiger partial charge in [-0.15, -0.1) is 0 Å². The fourth-order valence-corrected chi connectivity index (χ4v) is 4.27. The Bertz CT molecular complexity index is 754. The lowest BCUT2D eigenvalue weighted by molar-refractivity contribution is -0.136. The molecule has 1 aliphatic heterocycles. The summed E-state index contributed by atoms with van der Waals surface area (Å²) in [6.07, 6.45) is 4.17. The van der Waals surface area contributed by atoms with E-state index in [9.17, 15) is 14.4 Å². The van der Waals surface area contributed by atoms with Crippen LogP contribution in [0.1, 0.15) is 52.0 Å². The quantitative estimate of drug-likeness (QED) is 0.835. The summed E-state index contributed by atoms with van der Waals surface area (Å²) in [7, 11) is 0. The number of nitrogens with one attached hydrogen (secondary N) is 2. The van der Waals surface area contributed by atoms with Gasteiger partial charge in [-0.1, -0.05) is 31.0 Å². The summed E-state index contributed by atoms with van der Waals surface area (Å²) in [5.74, 6) is -1.03. The van der Waals surface area contributed by atoms with E-state index < -0.39 is 0 Å². The van der Waals surface area contributed by atoms with Gasteiger partial charge in [0.05, 0.1) is 12.5 Å². The molecule has 152 valence electrons. The third kappa shape index (κ3) is 4.72. The van der Waals surface area contributed by atoms with Crippen LogP contribution < -0.4 is 15.5 Å². The largest absolute Gasteiger partial charge is 0.350 e. The number of benzene rings is 1. The van der Waals surface area contributed by atoms with Gasteiger partial charge in [-0.3, -0.25) is 14.4 Å². The first-order valence-corrected chi connectivity index (χ1v) is 10.2. The Morgan fingerprint density at radius 2 is 1.75 bits per heavy atom. The maximum absolute atomic E-state index is 13.3. The van der Waals surface area contributed by atoms with E-state index in [2.05, 4.69) is 16.7 Å². The molecule has 0 spiro atoms. The van der Waals surface area contributed by atoms with E-state index in [1.54, 1.807) is 0 Å². The van der Waals surface area contributed by atoms with Gasteiger partial charge in [0.1, 0.15) is 0 Å². The van der Waals surface area contributed by atoms with E-state index >= 15 is 0 Å². The lowest BCUT2D eigenvalue weighted by Crippen LogP contribution is -2.49. The van der Waals surface area contributed by atoms with Crippen molar-refractivity contribution in [2.75, 3.05) is 18.0 Å². The zero-order valence-electron chi connectivity index (χ0n) is 17.1. The Labute approximate surface area is 167 Å². The SMILES string of the molecule is CC(C)(C)NC(=O)CNC(=O)C1CCCCC1C(=O)N1CCc2ccccc21. The first-order valence-electron chi connectivity index (χ1n) is 10.2. The molecule has 0 bridgehead atoms. The highest BCUT2D eigenvalue weighted by Crippen LogP contribution is 2.35. The average molecular weight is 386 g/mol. The standard InChI is InChI=1S/C22H31N3O3/c1-22(2,3)24-19(26)14-23-20(27)16-9-5-6-10-17(16)21(28)25-13-12-15-8-4-7-11-18(15)25/h4,7-8,11,16-17H,5-6,9-10,12-14H2,1-3H3,(H,23,27)(H,24,26). The van der Waals surface area contributed by atoms with Gasteiger partial charge in [0.15, 0.2) is 0 Å². The van der Waals surface area contributed by atoms with E-state index in [1.165, 1.54) is 5.56 Å². The maximum atomic E-state index is 13.3. The van der Waals surface area contributed by atoms with Crippen LogP contribution in [-0.4, -0.2) is 36.3 Å². The highest BCUT2D eigenvalue weighted by Gasteiger charge is 2.39. The van der Waals surface area contributed by atoms with Crippen molar-refractivity contribution in [2.24, 2.45) is 11.8 Å². The zero-order chi connectivity index (χ0) is 20.3.